The van der Waals surface area contributed by atoms with Crippen molar-refractivity contribution in [3.05, 3.63) is 23.8 Å². The Balaban J connectivity index is 1.47. The summed E-state index contributed by atoms with van der Waals surface area (Å²) in [6, 6.07) is 6.22. The number of morpholine rings is 1. The molecule has 1 amide bonds. The van der Waals surface area contributed by atoms with E-state index in [1.807, 2.05) is 17.0 Å². The van der Waals surface area contributed by atoms with Crippen LogP contribution in [-0.2, 0) is 9.53 Å². The second kappa shape index (κ2) is 6.99. The van der Waals surface area contributed by atoms with Crippen molar-refractivity contribution in [3.8, 4) is 11.5 Å². The lowest BCUT2D eigenvalue weighted by Gasteiger charge is -2.31. The number of hydrogen-bond donors (Lipinski definition) is 0. The third kappa shape index (κ3) is 3.21. The van der Waals surface area contributed by atoms with Gasteiger partial charge in [-0.1, -0.05) is 6.07 Å². The molecule has 0 spiro atoms. The monoisotopic (exact) mass is 332 g/mol. The van der Waals surface area contributed by atoms with E-state index in [1.54, 1.807) is 0 Å². The molecule has 6 nitrogen and oxygen atoms in total. The number of hydrogen-bond acceptors (Lipinski definition) is 5. The zero-order chi connectivity index (χ0) is 16.4. The van der Waals surface area contributed by atoms with Crippen molar-refractivity contribution in [2.24, 2.45) is 0 Å². The summed E-state index contributed by atoms with van der Waals surface area (Å²) in [5.74, 6) is 1.81. The van der Waals surface area contributed by atoms with Gasteiger partial charge in [0.15, 0.2) is 11.5 Å². The molecule has 6 heteroatoms. The first-order valence-electron chi connectivity index (χ1n) is 8.80. The Labute approximate surface area is 142 Å². The van der Waals surface area contributed by atoms with Crippen LogP contribution in [0.3, 0.4) is 0 Å². The Hall–Kier alpha value is -1.79. The Bertz CT molecular complexity index is 601. The predicted octanol–water partition coefficient (Wildman–Crippen LogP) is 1.45. The molecule has 1 atom stereocenters. The molecule has 1 aromatic rings. The molecular formula is C18H24N2O4. The van der Waals surface area contributed by atoms with Crippen LogP contribution in [0.15, 0.2) is 18.2 Å². The molecule has 0 bridgehead atoms. The first-order chi connectivity index (χ1) is 11.8. The van der Waals surface area contributed by atoms with Gasteiger partial charge in [0.1, 0.15) is 13.2 Å². The Kier molecular flexibility index (Phi) is 4.58. The maximum absolute atomic E-state index is 12.8. The number of fused-ring (bicyclic) bond motifs is 1. The summed E-state index contributed by atoms with van der Waals surface area (Å²) in [6.45, 7) is 5.63. The molecule has 24 heavy (non-hydrogen) atoms. The molecule has 4 rings (SSSR count). The van der Waals surface area contributed by atoms with Gasteiger partial charge in [-0.05, 0) is 30.5 Å². The number of ether oxygens (including phenoxy) is 3. The van der Waals surface area contributed by atoms with Crippen LogP contribution in [0.1, 0.15) is 24.4 Å². The fraction of sp³-hybridized carbons (Fsp3) is 0.611. The second-order valence-electron chi connectivity index (χ2n) is 6.54. The number of benzene rings is 1. The highest BCUT2D eigenvalue weighted by atomic mass is 16.6. The van der Waals surface area contributed by atoms with E-state index in [1.165, 1.54) is 0 Å². The molecule has 0 N–H and O–H groups in total. The molecule has 2 fully saturated rings. The third-order valence-corrected chi connectivity index (χ3v) is 4.99. The molecule has 3 aliphatic rings. The van der Waals surface area contributed by atoms with Crippen molar-refractivity contribution in [1.82, 2.24) is 9.80 Å². The van der Waals surface area contributed by atoms with Crippen LogP contribution in [0, 0.1) is 0 Å². The van der Waals surface area contributed by atoms with E-state index in [0.717, 1.165) is 62.8 Å². The standard InChI is InChI=1S/C18H24N2O4/c21-18(13-19-6-8-22-9-7-19)20-5-1-2-15(20)14-3-4-16-17(12-14)24-11-10-23-16/h3-4,12,15H,1-2,5-11,13H2/t15-/m0/s1. The maximum atomic E-state index is 12.8. The smallest absolute Gasteiger partial charge is 0.237 e. The summed E-state index contributed by atoms with van der Waals surface area (Å²) >= 11 is 0. The van der Waals surface area contributed by atoms with Gasteiger partial charge in [-0.2, -0.15) is 0 Å². The molecule has 130 valence electrons. The minimum atomic E-state index is 0.148. The third-order valence-electron chi connectivity index (χ3n) is 4.99. The Morgan fingerprint density at radius 2 is 1.83 bits per heavy atom. The molecule has 3 aliphatic heterocycles. The van der Waals surface area contributed by atoms with Gasteiger partial charge in [0, 0.05) is 19.6 Å². The first-order valence-corrected chi connectivity index (χ1v) is 8.80. The maximum Gasteiger partial charge on any atom is 0.237 e. The SMILES string of the molecule is O=C(CN1CCOCC1)N1CCC[C@H]1c1ccc2c(c1)OCCO2. The van der Waals surface area contributed by atoms with Crippen molar-refractivity contribution >= 4 is 5.91 Å². The minimum Gasteiger partial charge on any atom is -0.486 e. The van der Waals surface area contributed by atoms with Gasteiger partial charge < -0.3 is 19.1 Å². The van der Waals surface area contributed by atoms with Crippen molar-refractivity contribution in [2.45, 2.75) is 18.9 Å². The lowest BCUT2D eigenvalue weighted by molar-refractivity contribution is -0.134. The van der Waals surface area contributed by atoms with Crippen LogP contribution in [0.25, 0.3) is 0 Å². The van der Waals surface area contributed by atoms with Gasteiger partial charge in [0.05, 0.1) is 25.8 Å². The van der Waals surface area contributed by atoms with Crippen LogP contribution in [0.2, 0.25) is 0 Å². The van der Waals surface area contributed by atoms with Gasteiger partial charge in [-0.3, -0.25) is 9.69 Å². The fourth-order valence-corrected chi connectivity index (χ4v) is 3.72. The largest absolute Gasteiger partial charge is 0.486 e. The number of likely N-dealkylation sites (tertiary alicyclic amines) is 1. The highest BCUT2D eigenvalue weighted by Gasteiger charge is 2.31. The number of nitrogens with zero attached hydrogens (tertiary/aromatic N) is 2. The van der Waals surface area contributed by atoms with Crippen LogP contribution in [0.5, 0.6) is 11.5 Å². The summed E-state index contributed by atoms with van der Waals surface area (Å²) in [4.78, 5) is 17.0. The van der Waals surface area contributed by atoms with E-state index < -0.39 is 0 Å². The van der Waals surface area contributed by atoms with E-state index in [-0.39, 0.29) is 11.9 Å². The lowest BCUT2D eigenvalue weighted by Crippen LogP contribution is -2.44. The van der Waals surface area contributed by atoms with Crippen molar-refractivity contribution < 1.29 is 19.0 Å². The number of carbonyl (C=O) groups is 1. The molecule has 1 aromatic carbocycles. The van der Waals surface area contributed by atoms with Crippen molar-refractivity contribution in [1.29, 1.82) is 0 Å². The lowest BCUT2D eigenvalue weighted by atomic mass is 10.0. The van der Waals surface area contributed by atoms with Crippen LogP contribution in [0.4, 0.5) is 0 Å². The van der Waals surface area contributed by atoms with Crippen LogP contribution >= 0.6 is 0 Å². The van der Waals surface area contributed by atoms with Crippen LogP contribution < -0.4 is 9.47 Å². The van der Waals surface area contributed by atoms with Gasteiger partial charge >= 0.3 is 0 Å². The second-order valence-corrected chi connectivity index (χ2v) is 6.54. The first kappa shape index (κ1) is 15.7. The van der Waals surface area contributed by atoms with E-state index in [9.17, 15) is 4.79 Å². The van der Waals surface area contributed by atoms with Crippen LogP contribution in [-0.4, -0.2) is 68.3 Å². The zero-order valence-corrected chi connectivity index (χ0v) is 13.9. The van der Waals surface area contributed by atoms with Gasteiger partial charge in [-0.15, -0.1) is 0 Å². The molecule has 3 heterocycles. The molecular weight excluding hydrogens is 308 g/mol. The average Bonchev–Trinajstić information content (AvgIpc) is 3.12. The normalized spacial score (nSPS) is 24.2. The molecule has 0 aliphatic carbocycles. The summed E-state index contributed by atoms with van der Waals surface area (Å²) in [7, 11) is 0. The Morgan fingerprint density at radius 1 is 1.04 bits per heavy atom. The molecule has 0 aromatic heterocycles. The van der Waals surface area contributed by atoms with E-state index >= 15 is 0 Å². The van der Waals surface area contributed by atoms with E-state index in [4.69, 9.17) is 14.2 Å². The van der Waals surface area contributed by atoms with E-state index in [0.29, 0.717) is 19.8 Å². The van der Waals surface area contributed by atoms with Crippen molar-refractivity contribution in [3.63, 3.8) is 0 Å². The quantitative estimate of drug-likeness (QED) is 0.839. The summed E-state index contributed by atoms with van der Waals surface area (Å²) in [6.07, 6.45) is 2.06. The zero-order valence-electron chi connectivity index (χ0n) is 13.9. The summed E-state index contributed by atoms with van der Waals surface area (Å²) in [5.41, 5.74) is 1.15. The number of amides is 1. The molecule has 0 saturated carbocycles. The molecule has 2 saturated heterocycles. The summed E-state index contributed by atoms with van der Waals surface area (Å²) < 4.78 is 16.6. The van der Waals surface area contributed by atoms with Crippen molar-refractivity contribution in [2.75, 3.05) is 52.6 Å². The van der Waals surface area contributed by atoms with Gasteiger partial charge in [-0.25, -0.2) is 0 Å². The summed E-state index contributed by atoms with van der Waals surface area (Å²) in [5, 5.41) is 0. The molecule has 0 unspecified atom stereocenters. The predicted molar refractivity (Wildman–Crippen MR) is 88.4 cm³/mol. The minimum absolute atomic E-state index is 0.148. The van der Waals surface area contributed by atoms with Gasteiger partial charge in [0.2, 0.25) is 5.91 Å². The Morgan fingerprint density at radius 3 is 2.67 bits per heavy atom. The highest BCUT2D eigenvalue weighted by Crippen LogP contribution is 2.38. The number of rotatable bonds is 3. The fourth-order valence-electron chi connectivity index (χ4n) is 3.72. The average molecular weight is 332 g/mol. The highest BCUT2D eigenvalue weighted by molar-refractivity contribution is 5.79. The van der Waals surface area contributed by atoms with E-state index in [2.05, 4.69) is 11.0 Å². The molecule has 0 radical (unpaired) electrons. The topological polar surface area (TPSA) is 51.2 Å². The van der Waals surface area contributed by atoms with Gasteiger partial charge in [0.25, 0.3) is 0 Å². The number of carbonyl (C=O) groups excluding carboxylic acids is 1.